The molecule has 2 N–H and O–H groups in total. The zero-order chi connectivity index (χ0) is 17.3. The summed E-state index contributed by atoms with van der Waals surface area (Å²) in [7, 11) is 1.44. The number of nitrogens with zero attached hydrogens (tertiary/aromatic N) is 1. The first-order valence-electron chi connectivity index (χ1n) is 7.00. The monoisotopic (exact) mass is 436 g/mol. The summed E-state index contributed by atoms with van der Waals surface area (Å²) in [5.41, 5.74) is 3.72. The van der Waals surface area contributed by atoms with Crippen LogP contribution in [0.2, 0.25) is 0 Å². The predicted molar refractivity (Wildman–Crippen MR) is 97.4 cm³/mol. The number of carbonyl (C=O) groups is 2. The van der Waals surface area contributed by atoms with Gasteiger partial charge < -0.3 is 9.84 Å². The van der Waals surface area contributed by atoms with E-state index in [1.165, 1.54) is 18.2 Å². The van der Waals surface area contributed by atoms with Crippen LogP contribution in [-0.2, 0) is 9.59 Å². The van der Waals surface area contributed by atoms with Crippen molar-refractivity contribution in [3.05, 3.63) is 57.2 Å². The Morgan fingerprint density at radius 3 is 2.58 bits per heavy atom. The van der Waals surface area contributed by atoms with Gasteiger partial charge in [-0.15, -0.1) is 0 Å². The van der Waals surface area contributed by atoms with Crippen molar-refractivity contribution in [2.24, 2.45) is 0 Å². The number of aromatic hydroxyl groups is 1. The van der Waals surface area contributed by atoms with Gasteiger partial charge >= 0.3 is 0 Å². The molecule has 0 saturated carbocycles. The number of hydrogen-bond acceptors (Lipinski definition) is 4. The van der Waals surface area contributed by atoms with E-state index >= 15 is 0 Å². The molecule has 2 aromatic rings. The summed E-state index contributed by atoms with van der Waals surface area (Å²) >= 11 is 1.95. The number of hydrogen-bond donors (Lipinski definition) is 2. The number of nitrogens with one attached hydrogen (secondary N) is 1. The number of amides is 2. The summed E-state index contributed by atoms with van der Waals surface area (Å²) in [5, 5.41) is 11.1. The number of ether oxygens (including phenoxy) is 1. The highest BCUT2D eigenvalue weighted by atomic mass is 127. The lowest BCUT2D eigenvalue weighted by molar-refractivity contribution is -0.117. The topological polar surface area (TPSA) is 78.9 Å². The predicted octanol–water partition coefficient (Wildman–Crippen LogP) is 2.47. The number of para-hydroxylation sites is 1. The van der Waals surface area contributed by atoms with Crippen LogP contribution in [0.4, 0.5) is 5.69 Å². The first-order chi connectivity index (χ1) is 11.5. The minimum atomic E-state index is -0.481. The van der Waals surface area contributed by atoms with Gasteiger partial charge in [-0.05, 0) is 58.5 Å². The maximum absolute atomic E-state index is 12.5. The molecule has 3 rings (SSSR count). The minimum absolute atomic E-state index is 0.0161. The van der Waals surface area contributed by atoms with Crippen molar-refractivity contribution in [1.29, 1.82) is 0 Å². The van der Waals surface area contributed by atoms with E-state index in [4.69, 9.17) is 4.74 Å². The molecule has 0 spiro atoms. The third-order valence-electron chi connectivity index (χ3n) is 3.49. The Labute approximate surface area is 151 Å². The highest BCUT2D eigenvalue weighted by molar-refractivity contribution is 14.1. The maximum Gasteiger partial charge on any atom is 0.282 e. The summed E-state index contributed by atoms with van der Waals surface area (Å²) in [5.74, 6) is -0.618. The van der Waals surface area contributed by atoms with Gasteiger partial charge in [-0.2, -0.15) is 0 Å². The van der Waals surface area contributed by atoms with Crippen molar-refractivity contribution in [3.63, 3.8) is 0 Å². The molecule has 1 fully saturated rings. The molecule has 0 radical (unpaired) electrons. The SMILES string of the molecule is COc1cc(/C=C2/C(=O)NN(c3ccccc3)C2=O)cc(I)c1O. The van der Waals surface area contributed by atoms with Crippen molar-refractivity contribution in [2.45, 2.75) is 0 Å². The molecule has 122 valence electrons. The smallest absolute Gasteiger partial charge is 0.282 e. The van der Waals surface area contributed by atoms with E-state index < -0.39 is 11.8 Å². The molecule has 2 aromatic carbocycles. The Bertz CT molecular complexity index is 849. The number of phenols is 1. The average molecular weight is 436 g/mol. The van der Waals surface area contributed by atoms with E-state index in [2.05, 4.69) is 5.43 Å². The van der Waals surface area contributed by atoms with E-state index in [1.54, 1.807) is 36.4 Å². The summed E-state index contributed by atoms with van der Waals surface area (Å²) in [6.45, 7) is 0. The van der Waals surface area contributed by atoms with Crippen molar-refractivity contribution < 1.29 is 19.4 Å². The Morgan fingerprint density at radius 2 is 1.92 bits per heavy atom. The Kier molecular flexibility index (Phi) is 4.43. The first-order valence-corrected chi connectivity index (χ1v) is 8.08. The molecule has 2 amide bonds. The van der Waals surface area contributed by atoms with E-state index in [0.717, 1.165) is 0 Å². The van der Waals surface area contributed by atoms with Gasteiger partial charge in [-0.25, -0.2) is 5.01 Å². The number of hydrazine groups is 1. The quantitative estimate of drug-likeness (QED) is 0.441. The highest BCUT2D eigenvalue weighted by Crippen LogP contribution is 2.33. The van der Waals surface area contributed by atoms with Crippen LogP contribution in [0.25, 0.3) is 6.08 Å². The van der Waals surface area contributed by atoms with E-state index in [9.17, 15) is 14.7 Å². The molecule has 1 saturated heterocycles. The molecule has 1 heterocycles. The molecule has 1 aliphatic heterocycles. The molecule has 0 bridgehead atoms. The fraction of sp³-hybridized carbons (Fsp3) is 0.0588. The lowest BCUT2D eigenvalue weighted by Gasteiger charge is -2.13. The van der Waals surface area contributed by atoms with Gasteiger partial charge in [0.1, 0.15) is 5.57 Å². The Morgan fingerprint density at radius 1 is 1.21 bits per heavy atom. The van der Waals surface area contributed by atoms with Crippen molar-refractivity contribution in [1.82, 2.24) is 5.43 Å². The zero-order valence-electron chi connectivity index (χ0n) is 12.6. The van der Waals surface area contributed by atoms with Gasteiger partial charge in [0, 0.05) is 0 Å². The molecule has 6 nitrogen and oxygen atoms in total. The van der Waals surface area contributed by atoms with Gasteiger partial charge in [0.15, 0.2) is 11.5 Å². The summed E-state index contributed by atoms with van der Waals surface area (Å²) in [4.78, 5) is 24.7. The molecular weight excluding hydrogens is 423 g/mol. The highest BCUT2D eigenvalue weighted by Gasteiger charge is 2.34. The lowest BCUT2D eigenvalue weighted by atomic mass is 10.1. The van der Waals surface area contributed by atoms with E-state index in [-0.39, 0.29) is 17.1 Å². The van der Waals surface area contributed by atoms with Crippen molar-refractivity contribution in [3.8, 4) is 11.5 Å². The number of methoxy groups -OCH3 is 1. The minimum Gasteiger partial charge on any atom is -0.504 e. The molecule has 1 aliphatic rings. The molecule has 0 aromatic heterocycles. The van der Waals surface area contributed by atoms with Crippen LogP contribution >= 0.6 is 22.6 Å². The van der Waals surface area contributed by atoms with Crippen LogP contribution in [0.1, 0.15) is 5.56 Å². The van der Waals surface area contributed by atoms with E-state index in [0.29, 0.717) is 14.8 Å². The molecule has 0 atom stereocenters. The van der Waals surface area contributed by atoms with Gasteiger partial charge in [0.05, 0.1) is 16.4 Å². The first kappa shape index (κ1) is 16.3. The second-order valence-corrected chi connectivity index (χ2v) is 6.19. The van der Waals surface area contributed by atoms with Crippen LogP contribution in [-0.4, -0.2) is 24.0 Å². The van der Waals surface area contributed by atoms with Crippen molar-refractivity contribution in [2.75, 3.05) is 12.1 Å². The number of halogens is 1. The van der Waals surface area contributed by atoms with Crippen LogP contribution in [0.15, 0.2) is 48.0 Å². The number of carbonyl (C=O) groups excluding carboxylic acids is 2. The number of rotatable bonds is 3. The zero-order valence-corrected chi connectivity index (χ0v) is 14.8. The average Bonchev–Trinajstić information content (AvgIpc) is 2.87. The molecule has 7 heteroatoms. The third kappa shape index (κ3) is 2.94. The number of anilines is 1. The second kappa shape index (κ2) is 6.52. The summed E-state index contributed by atoms with van der Waals surface area (Å²) in [6.07, 6.45) is 1.48. The molecule has 24 heavy (non-hydrogen) atoms. The van der Waals surface area contributed by atoms with Gasteiger partial charge in [-0.3, -0.25) is 15.0 Å². The van der Waals surface area contributed by atoms with Crippen LogP contribution < -0.4 is 15.2 Å². The van der Waals surface area contributed by atoms with Gasteiger partial charge in [0.2, 0.25) is 0 Å². The van der Waals surface area contributed by atoms with Gasteiger partial charge in [-0.1, -0.05) is 18.2 Å². The molecule has 0 unspecified atom stereocenters. The number of phenolic OH excluding ortho intramolecular Hbond substituents is 1. The Hall–Kier alpha value is -2.55. The maximum atomic E-state index is 12.5. The Balaban J connectivity index is 1.98. The second-order valence-electron chi connectivity index (χ2n) is 5.03. The number of benzene rings is 2. The largest absolute Gasteiger partial charge is 0.504 e. The fourth-order valence-electron chi connectivity index (χ4n) is 2.32. The normalized spacial score (nSPS) is 15.8. The summed E-state index contributed by atoms with van der Waals surface area (Å²) < 4.78 is 5.65. The third-order valence-corrected chi connectivity index (χ3v) is 4.31. The fourth-order valence-corrected chi connectivity index (χ4v) is 2.94. The van der Waals surface area contributed by atoms with Crippen molar-refractivity contribution >= 4 is 46.2 Å². The standard InChI is InChI=1S/C17H13IN2O4/c1-24-14-9-10(8-13(18)15(14)21)7-12-16(22)19-20(17(12)23)11-5-3-2-4-6-11/h2-9,21H,1H3,(H,19,22)/b12-7-. The molecular formula is C17H13IN2O4. The molecule has 0 aliphatic carbocycles. The van der Waals surface area contributed by atoms with Gasteiger partial charge in [0.25, 0.3) is 11.8 Å². The van der Waals surface area contributed by atoms with E-state index in [1.807, 2.05) is 28.7 Å². The van der Waals surface area contributed by atoms with Crippen LogP contribution in [0, 0.1) is 3.57 Å². The summed E-state index contributed by atoms with van der Waals surface area (Å²) in [6, 6.07) is 12.1. The van der Waals surface area contributed by atoms with Crippen LogP contribution in [0.5, 0.6) is 11.5 Å². The van der Waals surface area contributed by atoms with Crippen LogP contribution in [0.3, 0.4) is 0 Å². The lowest BCUT2D eigenvalue weighted by Crippen LogP contribution is -2.35.